The highest BCUT2D eigenvalue weighted by Gasteiger charge is 2.23. The van der Waals surface area contributed by atoms with E-state index in [9.17, 15) is 5.11 Å². The molecule has 1 saturated heterocycles. The van der Waals surface area contributed by atoms with Crippen molar-refractivity contribution in [2.75, 3.05) is 6.54 Å². The highest BCUT2D eigenvalue weighted by Crippen LogP contribution is 2.23. The van der Waals surface area contributed by atoms with Gasteiger partial charge in [-0.3, -0.25) is 0 Å². The monoisotopic (exact) mass is 233 g/mol. The topological polar surface area (TPSA) is 32.3 Å². The maximum atomic E-state index is 10.2. The molecule has 1 aliphatic rings. The maximum Gasteiger partial charge on any atom is 0.0942 e. The molecule has 2 heteroatoms. The summed E-state index contributed by atoms with van der Waals surface area (Å²) in [5, 5.41) is 13.6. The summed E-state index contributed by atoms with van der Waals surface area (Å²) in [5.74, 6) is 0.683. The zero-order valence-electron chi connectivity index (χ0n) is 10.8. The van der Waals surface area contributed by atoms with Crippen molar-refractivity contribution in [3.05, 3.63) is 35.4 Å². The minimum atomic E-state index is -0.356. The fourth-order valence-corrected chi connectivity index (χ4v) is 2.54. The van der Waals surface area contributed by atoms with Crippen LogP contribution in [0.15, 0.2) is 24.3 Å². The van der Waals surface area contributed by atoms with E-state index in [1.165, 1.54) is 12.0 Å². The summed E-state index contributed by atoms with van der Waals surface area (Å²) >= 11 is 0. The summed E-state index contributed by atoms with van der Waals surface area (Å²) in [6.07, 6.45) is 3.01. The lowest BCUT2D eigenvalue weighted by atomic mass is 9.97. The second-order valence-electron chi connectivity index (χ2n) is 5.49. The number of aliphatic hydroxyl groups is 1. The average Bonchev–Trinajstić information content (AvgIpc) is 2.82. The minimum Gasteiger partial charge on any atom is -0.387 e. The predicted molar refractivity (Wildman–Crippen MR) is 71.0 cm³/mol. The Hall–Kier alpha value is -0.860. The largest absolute Gasteiger partial charge is 0.387 e. The van der Waals surface area contributed by atoms with E-state index in [0.29, 0.717) is 5.92 Å². The Morgan fingerprint density at radius 3 is 2.53 bits per heavy atom. The van der Waals surface area contributed by atoms with E-state index in [1.807, 2.05) is 0 Å². The molecule has 2 atom stereocenters. The number of rotatable bonds is 4. The first-order valence-electron chi connectivity index (χ1n) is 6.67. The highest BCUT2D eigenvalue weighted by molar-refractivity contribution is 5.25. The van der Waals surface area contributed by atoms with Crippen molar-refractivity contribution >= 4 is 0 Å². The molecule has 0 saturated carbocycles. The van der Waals surface area contributed by atoms with Crippen molar-refractivity contribution in [3.63, 3.8) is 0 Å². The van der Waals surface area contributed by atoms with Gasteiger partial charge in [0.15, 0.2) is 0 Å². The molecule has 0 bridgehead atoms. The first kappa shape index (κ1) is 12.6. The first-order chi connectivity index (χ1) is 8.16. The minimum absolute atomic E-state index is 0.242. The molecule has 1 heterocycles. The lowest BCUT2D eigenvalue weighted by Crippen LogP contribution is -2.28. The molecule has 0 aromatic heterocycles. The predicted octanol–water partition coefficient (Wildman–Crippen LogP) is 2.67. The smallest absolute Gasteiger partial charge is 0.0942 e. The average molecular weight is 233 g/mol. The molecule has 0 amide bonds. The fourth-order valence-electron chi connectivity index (χ4n) is 2.54. The summed E-state index contributed by atoms with van der Waals surface area (Å²) in [6, 6.07) is 8.68. The van der Waals surface area contributed by atoms with Gasteiger partial charge in [0.1, 0.15) is 0 Å². The van der Waals surface area contributed by atoms with Gasteiger partial charge in [-0.1, -0.05) is 38.1 Å². The van der Waals surface area contributed by atoms with Gasteiger partial charge in [0.05, 0.1) is 6.10 Å². The van der Waals surface area contributed by atoms with E-state index >= 15 is 0 Å². The van der Waals surface area contributed by atoms with Crippen LogP contribution in [0.3, 0.4) is 0 Å². The molecule has 1 aromatic rings. The van der Waals surface area contributed by atoms with Crippen LogP contribution in [0, 0.1) is 5.92 Å². The van der Waals surface area contributed by atoms with Crippen LogP contribution in [-0.2, 0) is 6.42 Å². The molecule has 1 fully saturated rings. The second kappa shape index (κ2) is 5.65. The molecular formula is C15H23NO. The Morgan fingerprint density at radius 1 is 1.29 bits per heavy atom. The van der Waals surface area contributed by atoms with Gasteiger partial charge in [-0.2, -0.15) is 0 Å². The third-order valence-corrected chi connectivity index (χ3v) is 3.44. The van der Waals surface area contributed by atoms with Gasteiger partial charge >= 0.3 is 0 Å². The van der Waals surface area contributed by atoms with Gasteiger partial charge in [0.2, 0.25) is 0 Å². The number of hydrogen-bond acceptors (Lipinski definition) is 2. The highest BCUT2D eigenvalue weighted by atomic mass is 16.3. The van der Waals surface area contributed by atoms with Crippen molar-refractivity contribution in [1.29, 1.82) is 0 Å². The van der Waals surface area contributed by atoms with Crippen LogP contribution < -0.4 is 5.32 Å². The number of benzene rings is 1. The lowest BCUT2D eigenvalue weighted by molar-refractivity contribution is 0.137. The third kappa shape index (κ3) is 3.30. The van der Waals surface area contributed by atoms with E-state index in [1.54, 1.807) is 0 Å². The van der Waals surface area contributed by atoms with Gasteiger partial charge in [-0.15, -0.1) is 0 Å². The quantitative estimate of drug-likeness (QED) is 0.838. The molecule has 0 radical (unpaired) electrons. The maximum absolute atomic E-state index is 10.2. The van der Waals surface area contributed by atoms with Crippen LogP contribution in [0.2, 0.25) is 0 Å². The summed E-state index contributed by atoms with van der Waals surface area (Å²) in [7, 11) is 0. The van der Waals surface area contributed by atoms with Gasteiger partial charge in [-0.25, -0.2) is 0 Å². The van der Waals surface area contributed by atoms with Crippen molar-refractivity contribution in [2.45, 2.75) is 45.3 Å². The summed E-state index contributed by atoms with van der Waals surface area (Å²) in [6.45, 7) is 5.49. The zero-order valence-corrected chi connectivity index (χ0v) is 10.8. The van der Waals surface area contributed by atoms with Crippen LogP contribution in [0.4, 0.5) is 0 Å². The number of hydrogen-bond donors (Lipinski definition) is 2. The van der Waals surface area contributed by atoms with Crippen molar-refractivity contribution in [1.82, 2.24) is 5.32 Å². The Bertz CT molecular complexity index is 338. The second-order valence-corrected chi connectivity index (χ2v) is 5.49. The SMILES string of the molecule is CC(C)Cc1ccc(C(O)C2CCCN2)cc1. The molecule has 2 nitrogen and oxygen atoms in total. The molecule has 0 aliphatic carbocycles. The Kier molecular flexibility index (Phi) is 4.19. The van der Waals surface area contributed by atoms with E-state index < -0.39 is 0 Å². The van der Waals surface area contributed by atoms with Gasteiger partial charge < -0.3 is 10.4 Å². The molecule has 94 valence electrons. The van der Waals surface area contributed by atoms with Crippen LogP contribution in [-0.4, -0.2) is 17.7 Å². The van der Waals surface area contributed by atoms with Crippen LogP contribution in [0.1, 0.15) is 43.9 Å². The van der Waals surface area contributed by atoms with Crippen LogP contribution >= 0.6 is 0 Å². The van der Waals surface area contributed by atoms with Crippen molar-refractivity contribution in [3.8, 4) is 0 Å². The molecule has 2 N–H and O–H groups in total. The summed E-state index contributed by atoms with van der Waals surface area (Å²) < 4.78 is 0. The van der Waals surface area contributed by atoms with E-state index in [2.05, 4.69) is 43.4 Å². The van der Waals surface area contributed by atoms with E-state index in [-0.39, 0.29) is 12.1 Å². The molecule has 1 aliphatic heterocycles. The molecular weight excluding hydrogens is 210 g/mol. The molecule has 2 unspecified atom stereocenters. The molecule has 1 aromatic carbocycles. The van der Waals surface area contributed by atoms with Gasteiger partial charge in [0, 0.05) is 6.04 Å². The van der Waals surface area contributed by atoms with Crippen molar-refractivity contribution < 1.29 is 5.11 Å². The molecule has 0 spiro atoms. The van der Waals surface area contributed by atoms with Crippen LogP contribution in [0.25, 0.3) is 0 Å². The Morgan fingerprint density at radius 2 is 2.00 bits per heavy atom. The molecule has 17 heavy (non-hydrogen) atoms. The first-order valence-corrected chi connectivity index (χ1v) is 6.67. The Balaban J connectivity index is 2.01. The Labute approximate surface area is 104 Å². The van der Waals surface area contributed by atoms with E-state index in [0.717, 1.165) is 24.9 Å². The fraction of sp³-hybridized carbons (Fsp3) is 0.600. The number of nitrogens with one attached hydrogen (secondary N) is 1. The standard InChI is InChI=1S/C15H23NO/c1-11(2)10-12-5-7-13(8-6-12)15(17)14-4-3-9-16-14/h5-8,11,14-17H,3-4,9-10H2,1-2H3. The summed E-state index contributed by atoms with van der Waals surface area (Å²) in [5.41, 5.74) is 2.40. The molecule has 2 rings (SSSR count). The zero-order chi connectivity index (χ0) is 12.3. The normalized spacial score (nSPS) is 22.0. The third-order valence-electron chi connectivity index (χ3n) is 3.44. The summed E-state index contributed by atoms with van der Waals surface area (Å²) in [4.78, 5) is 0. The lowest BCUT2D eigenvalue weighted by Gasteiger charge is -2.19. The van der Waals surface area contributed by atoms with Gasteiger partial charge in [-0.05, 0) is 42.9 Å². The van der Waals surface area contributed by atoms with E-state index in [4.69, 9.17) is 0 Å². The number of aliphatic hydroxyl groups excluding tert-OH is 1. The van der Waals surface area contributed by atoms with Crippen molar-refractivity contribution in [2.24, 2.45) is 5.92 Å². The van der Waals surface area contributed by atoms with Gasteiger partial charge in [0.25, 0.3) is 0 Å². The van der Waals surface area contributed by atoms with Crippen LogP contribution in [0.5, 0.6) is 0 Å².